The summed E-state index contributed by atoms with van der Waals surface area (Å²) in [6.45, 7) is -0.170. The van der Waals surface area contributed by atoms with Crippen LogP contribution >= 0.6 is 12.2 Å². The number of hydrogen-bond acceptors (Lipinski definition) is 5. The van der Waals surface area contributed by atoms with Crippen LogP contribution in [-0.2, 0) is 4.79 Å². The van der Waals surface area contributed by atoms with E-state index in [1.165, 1.54) is 6.20 Å². The number of benzene rings is 1. The molecule has 20 heavy (non-hydrogen) atoms. The van der Waals surface area contributed by atoms with Gasteiger partial charge in [-0.15, -0.1) is 5.10 Å². The Labute approximate surface area is 121 Å². The molecule has 1 aromatic carbocycles. The fourth-order valence-electron chi connectivity index (χ4n) is 1.49. The minimum Gasteiger partial charge on any atom is -0.483 e. The molecule has 0 saturated heterocycles. The van der Waals surface area contributed by atoms with Gasteiger partial charge in [0.15, 0.2) is 12.4 Å². The van der Waals surface area contributed by atoms with E-state index < -0.39 is 0 Å². The van der Waals surface area contributed by atoms with Gasteiger partial charge in [-0.05, 0) is 24.3 Å². The highest BCUT2D eigenvalue weighted by Gasteiger charge is 2.08. The van der Waals surface area contributed by atoms with Crippen molar-refractivity contribution in [3.8, 4) is 5.75 Å². The van der Waals surface area contributed by atoms with Crippen molar-refractivity contribution < 1.29 is 9.53 Å². The SMILES string of the molecule is NC(=S)c1ccccc1OCC(=O)Nc1cccnn1. The minimum atomic E-state index is -0.344. The molecule has 0 aliphatic rings. The normalized spacial score (nSPS) is 9.80. The number of nitrogens with one attached hydrogen (secondary N) is 1. The second-order valence-electron chi connectivity index (χ2n) is 3.81. The van der Waals surface area contributed by atoms with Crippen LogP contribution in [0.1, 0.15) is 5.56 Å². The monoisotopic (exact) mass is 288 g/mol. The van der Waals surface area contributed by atoms with Crippen molar-refractivity contribution in [2.75, 3.05) is 11.9 Å². The van der Waals surface area contributed by atoms with Crippen LogP contribution in [0, 0.1) is 0 Å². The maximum absolute atomic E-state index is 11.7. The molecule has 7 heteroatoms. The zero-order chi connectivity index (χ0) is 14.4. The Morgan fingerprint density at radius 1 is 1.30 bits per heavy atom. The highest BCUT2D eigenvalue weighted by Crippen LogP contribution is 2.17. The number of nitrogens with two attached hydrogens (primary N) is 1. The van der Waals surface area contributed by atoms with E-state index in [1.54, 1.807) is 36.4 Å². The Bertz CT molecular complexity index is 619. The number of rotatable bonds is 5. The van der Waals surface area contributed by atoms with Crippen molar-refractivity contribution in [3.63, 3.8) is 0 Å². The van der Waals surface area contributed by atoms with E-state index >= 15 is 0 Å². The lowest BCUT2D eigenvalue weighted by Crippen LogP contribution is -2.22. The summed E-state index contributed by atoms with van der Waals surface area (Å²) in [5.41, 5.74) is 6.17. The third kappa shape index (κ3) is 3.72. The number of thiocarbonyl (C=S) groups is 1. The molecule has 0 bridgehead atoms. The number of nitrogens with zero attached hydrogens (tertiary/aromatic N) is 2. The van der Waals surface area contributed by atoms with Crippen LogP contribution in [0.25, 0.3) is 0 Å². The molecule has 2 rings (SSSR count). The van der Waals surface area contributed by atoms with E-state index in [1.807, 2.05) is 0 Å². The Balaban J connectivity index is 1.96. The van der Waals surface area contributed by atoms with Crippen LogP contribution in [0.4, 0.5) is 5.82 Å². The molecule has 0 saturated carbocycles. The standard InChI is InChI=1S/C13H12N4O2S/c14-13(20)9-4-1-2-5-10(9)19-8-12(18)16-11-6-3-7-15-17-11/h1-7H,8H2,(H2,14,20)(H,16,17,18). The van der Waals surface area contributed by atoms with Gasteiger partial charge >= 0.3 is 0 Å². The van der Waals surface area contributed by atoms with Crippen LogP contribution in [0.5, 0.6) is 5.75 Å². The zero-order valence-corrected chi connectivity index (χ0v) is 11.3. The van der Waals surface area contributed by atoms with Crippen molar-refractivity contribution in [1.82, 2.24) is 10.2 Å². The number of carbonyl (C=O) groups excluding carboxylic acids is 1. The molecule has 3 N–H and O–H groups in total. The molecule has 2 aromatic rings. The summed E-state index contributed by atoms with van der Waals surface area (Å²) >= 11 is 4.91. The molecule has 0 aliphatic heterocycles. The minimum absolute atomic E-state index is 0.170. The van der Waals surface area contributed by atoms with Crippen LogP contribution in [0.3, 0.4) is 0 Å². The van der Waals surface area contributed by atoms with Crippen molar-refractivity contribution in [2.45, 2.75) is 0 Å². The largest absolute Gasteiger partial charge is 0.483 e. The Morgan fingerprint density at radius 3 is 2.80 bits per heavy atom. The Kier molecular flexibility index (Phi) is 4.56. The van der Waals surface area contributed by atoms with Crippen LogP contribution in [-0.4, -0.2) is 27.7 Å². The van der Waals surface area contributed by atoms with Gasteiger partial charge in [-0.3, -0.25) is 4.79 Å². The number of carbonyl (C=O) groups is 1. The van der Waals surface area contributed by atoms with E-state index in [2.05, 4.69) is 15.5 Å². The van der Waals surface area contributed by atoms with Crippen molar-refractivity contribution >= 4 is 28.9 Å². The van der Waals surface area contributed by atoms with E-state index in [0.717, 1.165) is 0 Å². The van der Waals surface area contributed by atoms with Gasteiger partial charge in [0.05, 0.1) is 5.56 Å². The quantitative estimate of drug-likeness (QED) is 0.802. The zero-order valence-electron chi connectivity index (χ0n) is 10.4. The predicted octanol–water partition coefficient (Wildman–Crippen LogP) is 1.13. The molecule has 1 aromatic heterocycles. The van der Waals surface area contributed by atoms with Crippen molar-refractivity contribution in [1.29, 1.82) is 0 Å². The molecule has 1 amide bonds. The number of anilines is 1. The average Bonchev–Trinajstić information content (AvgIpc) is 2.46. The topological polar surface area (TPSA) is 90.1 Å². The Hall–Kier alpha value is -2.54. The van der Waals surface area contributed by atoms with Gasteiger partial charge in [0, 0.05) is 6.20 Å². The molecule has 0 atom stereocenters. The molecule has 1 heterocycles. The summed E-state index contributed by atoms with van der Waals surface area (Å²) in [5.74, 6) is 0.487. The molecular weight excluding hydrogens is 276 g/mol. The summed E-state index contributed by atoms with van der Waals surface area (Å²) < 4.78 is 5.40. The van der Waals surface area contributed by atoms with E-state index in [4.69, 9.17) is 22.7 Å². The fraction of sp³-hybridized carbons (Fsp3) is 0.0769. The highest BCUT2D eigenvalue weighted by molar-refractivity contribution is 7.80. The smallest absolute Gasteiger partial charge is 0.263 e. The van der Waals surface area contributed by atoms with E-state index in [9.17, 15) is 4.79 Å². The van der Waals surface area contributed by atoms with Gasteiger partial charge in [-0.2, -0.15) is 5.10 Å². The number of aromatic nitrogens is 2. The lowest BCUT2D eigenvalue weighted by molar-refractivity contribution is -0.118. The fourth-order valence-corrected chi connectivity index (χ4v) is 1.66. The lowest BCUT2D eigenvalue weighted by atomic mass is 10.2. The molecule has 6 nitrogen and oxygen atoms in total. The number of ether oxygens (including phenoxy) is 1. The number of amides is 1. The Morgan fingerprint density at radius 2 is 2.10 bits per heavy atom. The predicted molar refractivity (Wildman–Crippen MR) is 78.5 cm³/mol. The third-order valence-corrected chi connectivity index (χ3v) is 2.57. The molecular formula is C13H12N4O2S. The van der Waals surface area contributed by atoms with Crippen LogP contribution in [0.2, 0.25) is 0 Å². The maximum atomic E-state index is 11.7. The van der Waals surface area contributed by atoms with Crippen molar-refractivity contribution in [2.24, 2.45) is 5.73 Å². The summed E-state index contributed by atoms with van der Waals surface area (Å²) in [6, 6.07) is 10.3. The maximum Gasteiger partial charge on any atom is 0.263 e. The summed E-state index contributed by atoms with van der Waals surface area (Å²) in [7, 11) is 0. The second kappa shape index (κ2) is 6.58. The summed E-state index contributed by atoms with van der Waals surface area (Å²) in [4.78, 5) is 11.9. The van der Waals surface area contributed by atoms with Crippen molar-refractivity contribution in [3.05, 3.63) is 48.2 Å². The number of para-hydroxylation sites is 1. The van der Waals surface area contributed by atoms with Gasteiger partial charge < -0.3 is 15.8 Å². The lowest BCUT2D eigenvalue weighted by Gasteiger charge is -2.10. The number of hydrogen-bond donors (Lipinski definition) is 2. The second-order valence-corrected chi connectivity index (χ2v) is 4.25. The van der Waals surface area contributed by atoms with Gasteiger partial charge in [0.2, 0.25) is 0 Å². The summed E-state index contributed by atoms with van der Waals surface area (Å²) in [6.07, 6.45) is 1.52. The first-order valence-corrected chi connectivity index (χ1v) is 6.17. The molecule has 0 aliphatic carbocycles. The molecule has 102 valence electrons. The van der Waals surface area contributed by atoms with E-state index in [0.29, 0.717) is 17.1 Å². The van der Waals surface area contributed by atoms with E-state index in [-0.39, 0.29) is 17.5 Å². The molecule has 0 radical (unpaired) electrons. The van der Waals surface area contributed by atoms with Crippen LogP contribution < -0.4 is 15.8 Å². The third-order valence-electron chi connectivity index (χ3n) is 2.35. The first-order valence-electron chi connectivity index (χ1n) is 5.76. The first kappa shape index (κ1) is 13.9. The molecule has 0 spiro atoms. The van der Waals surface area contributed by atoms with Crippen LogP contribution in [0.15, 0.2) is 42.6 Å². The molecule has 0 fully saturated rings. The average molecular weight is 288 g/mol. The highest BCUT2D eigenvalue weighted by atomic mass is 32.1. The van der Waals surface area contributed by atoms with Gasteiger partial charge in [0.1, 0.15) is 10.7 Å². The first-order chi connectivity index (χ1) is 9.66. The summed E-state index contributed by atoms with van der Waals surface area (Å²) in [5, 5.41) is 9.95. The van der Waals surface area contributed by atoms with Gasteiger partial charge in [-0.1, -0.05) is 24.4 Å². The van der Waals surface area contributed by atoms with Gasteiger partial charge in [0.25, 0.3) is 5.91 Å². The van der Waals surface area contributed by atoms with Gasteiger partial charge in [-0.25, -0.2) is 0 Å². The molecule has 0 unspecified atom stereocenters.